The molecule has 0 bridgehead atoms. The molecule has 0 saturated heterocycles. The van der Waals surface area contributed by atoms with Gasteiger partial charge in [0, 0.05) is 6.20 Å². The molecule has 1 rings (SSSR count). The van der Waals surface area contributed by atoms with Crippen molar-refractivity contribution in [3.05, 3.63) is 30.8 Å². The van der Waals surface area contributed by atoms with Crippen LogP contribution in [0, 0.1) is 6.92 Å². The molecule has 4 nitrogen and oxygen atoms in total. The van der Waals surface area contributed by atoms with E-state index in [1.165, 1.54) is 0 Å². The highest BCUT2D eigenvalue weighted by Gasteiger charge is 2.01. The van der Waals surface area contributed by atoms with E-state index in [4.69, 9.17) is 0 Å². The first-order valence-corrected chi connectivity index (χ1v) is 6.12. The predicted octanol–water partition coefficient (Wildman–Crippen LogP) is 1.22. The van der Waals surface area contributed by atoms with E-state index in [2.05, 4.69) is 16.6 Å². The van der Waals surface area contributed by atoms with Gasteiger partial charge < -0.3 is 0 Å². The van der Waals surface area contributed by atoms with Crippen LogP contribution in [0.2, 0.25) is 0 Å². The molecule has 77 valence electrons. The maximum atomic E-state index is 10.9. The molecule has 0 aromatic carbocycles. The monoisotopic (exact) mass is 213 g/mol. The Kier molecular flexibility index (Phi) is 3.46. The van der Waals surface area contributed by atoms with Crippen molar-refractivity contribution in [2.24, 2.45) is 0 Å². The van der Waals surface area contributed by atoms with Gasteiger partial charge in [0.25, 0.3) is 0 Å². The molecule has 0 aliphatic carbocycles. The van der Waals surface area contributed by atoms with Crippen molar-refractivity contribution in [1.82, 2.24) is 4.98 Å². The Balaban J connectivity index is 2.74. The highest BCUT2D eigenvalue weighted by molar-refractivity contribution is 7.92. The third kappa shape index (κ3) is 3.74. The van der Waals surface area contributed by atoms with E-state index in [1.54, 1.807) is 12.3 Å². The van der Waals surface area contributed by atoms with Crippen molar-refractivity contribution >= 4 is 15.8 Å². The van der Waals surface area contributed by atoms with Crippen LogP contribution in [-0.2, 0) is 16.4 Å². The van der Waals surface area contributed by atoms with Gasteiger partial charge in [-0.15, -0.1) is 0 Å². The molecule has 5 heteroatoms. The van der Waals surface area contributed by atoms with Crippen molar-refractivity contribution in [3.8, 4) is 0 Å². The Bertz CT molecular complexity index is 384. The maximum absolute atomic E-state index is 10.9. The Hall–Kier alpha value is -1.10. The van der Waals surface area contributed by atoms with Crippen molar-refractivity contribution in [1.29, 1.82) is 0 Å². The molecule has 0 saturated carbocycles. The lowest BCUT2D eigenvalue weighted by molar-refractivity contribution is 0.606. The number of rotatable bonds is 4. The topological polar surface area (TPSA) is 59.1 Å². The van der Waals surface area contributed by atoms with Gasteiger partial charge >= 0.3 is 0 Å². The van der Waals surface area contributed by atoms with Crippen LogP contribution in [0.15, 0.2) is 18.3 Å². The highest BCUT2D eigenvalue weighted by Crippen LogP contribution is 2.07. The fraction of sp³-hybridized carbons (Fsp3) is 0.333. The van der Waals surface area contributed by atoms with E-state index in [9.17, 15) is 8.42 Å². The van der Waals surface area contributed by atoms with Gasteiger partial charge in [-0.2, -0.15) is 0 Å². The van der Waals surface area contributed by atoms with Gasteiger partial charge in [0.15, 0.2) is 0 Å². The van der Waals surface area contributed by atoms with Crippen LogP contribution in [0.4, 0.5) is 5.82 Å². The SMILES string of the molecule is [CH2]CCc1ccc(NS(C)(=O)=O)nc1. The van der Waals surface area contributed by atoms with Gasteiger partial charge in [0.05, 0.1) is 6.26 Å². The number of pyridine rings is 1. The second-order valence-corrected chi connectivity index (χ2v) is 4.78. The molecular formula is C9H13N2O2S. The quantitative estimate of drug-likeness (QED) is 0.818. The fourth-order valence-electron chi connectivity index (χ4n) is 1.03. The van der Waals surface area contributed by atoms with E-state index < -0.39 is 10.0 Å². The van der Waals surface area contributed by atoms with E-state index >= 15 is 0 Å². The third-order valence-corrected chi connectivity index (χ3v) is 2.16. The molecule has 14 heavy (non-hydrogen) atoms. The second kappa shape index (κ2) is 4.41. The molecule has 0 spiro atoms. The average Bonchev–Trinajstić information content (AvgIpc) is 2.06. The van der Waals surface area contributed by atoms with Crippen LogP contribution >= 0.6 is 0 Å². The summed E-state index contributed by atoms with van der Waals surface area (Å²) in [5.74, 6) is 0.348. The Morgan fingerprint density at radius 1 is 1.50 bits per heavy atom. The van der Waals surface area contributed by atoms with Crippen LogP contribution < -0.4 is 4.72 Å². The van der Waals surface area contributed by atoms with Crippen LogP contribution in [0.1, 0.15) is 12.0 Å². The van der Waals surface area contributed by atoms with Crippen LogP contribution in [0.25, 0.3) is 0 Å². The lowest BCUT2D eigenvalue weighted by Gasteiger charge is -2.03. The number of hydrogen-bond donors (Lipinski definition) is 1. The summed E-state index contributed by atoms with van der Waals surface area (Å²) < 4.78 is 24.0. The summed E-state index contributed by atoms with van der Waals surface area (Å²) in [7, 11) is -3.23. The fourth-order valence-corrected chi connectivity index (χ4v) is 1.53. The van der Waals surface area contributed by atoms with Crippen LogP contribution in [-0.4, -0.2) is 19.7 Å². The van der Waals surface area contributed by atoms with Gasteiger partial charge in [-0.25, -0.2) is 13.4 Å². The highest BCUT2D eigenvalue weighted by atomic mass is 32.2. The van der Waals surface area contributed by atoms with E-state index in [0.717, 1.165) is 24.7 Å². The van der Waals surface area contributed by atoms with Gasteiger partial charge in [-0.3, -0.25) is 4.72 Å². The van der Waals surface area contributed by atoms with Gasteiger partial charge in [0.2, 0.25) is 10.0 Å². The predicted molar refractivity (Wildman–Crippen MR) is 56.4 cm³/mol. The summed E-state index contributed by atoms with van der Waals surface area (Å²) in [5.41, 5.74) is 1.05. The number of sulfonamides is 1. The standard InChI is InChI=1S/C9H13N2O2S/c1-3-4-8-5-6-9(10-7-8)11-14(2,12)13/h5-7H,1,3-4H2,2H3,(H,10,11). The number of nitrogens with one attached hydrogen (secondary N) is 1. The first kappa shape index (κ1) is 11.0. The van der Waals surface area contributed by atoms with Gasteiger partial charge in [0.1, 0.15) is 5.82 Å². The van der Waals surface area contributed by atoms with Crippen LogP contribution in [0.5, 0.6) is 0 Å². The smallest absolute Gasteiger partial charge is 0.230 e. The average molecular weight is 213 g/mol. The minimum absolute atomic E-state index is 0.348. The molecule has 1 radical (unpaired) electrons. The van der Waals surface area contributed by atoms with Crippen molar-refractivity contribution < 1.29 is 8.42 Å². The summed E-state index contributed by atoms with van der Waals surface area (Å²) in [6.07, 6.45) is 4.41. The molecule has 0 fully saturated rings. The minimum Gasteiger partial charge on any atom is -0.268 e. The summed E-state index contributed by atoms with van der Waals surface area (Å²) in [6, 6.07) is 3.48. The zero-order valence-corrected chi connectivity index (χ0v) is 8.84. The zero-order valence-electron chi connectivity index (χ0n) is 8.03. The molecule has 0 amide bonds. The summed E-state index contributed by atoms with van der Waals surface area (Å²) in [6.45, 7) is 3.72. The molecule has 0 aliphatic rings. The lowest BCUT2D eigenvalue weighted by atomic mass is 10.2. The van der Waals surface area contributed by atoms with E-state index in [0.29, 0.717) is 5.82 Å². The molecule has 1 heterocycles. The Labute approximate surface area is 84.4 Å². The number of aryl methyl sites for hydroxylation is 1. The Morgan fingerprint density at radius 3 is 2.64 bits per heavy atom. The van der Waals surface area contributed by atoms with Crippen molar-refractivity contribution in [2.75, 3.05) is 11.0 Å². The first-order valence-electron chi connectivity index (χ1n) is 4.23. The summed E-state index contributed by atoms with van der Waals surface area (Å²) in [4.78, 5) is 3.96. The van der Waals surface area contributed by atoms with Crippen LogP contribution in [0.3, 0.4) is 0 Å². The van der Waals surface area contributed by atoms with Crippen molar-refractivity contribution in [3.63, 3.8) is 0 Å². The van der Waals surface area contributed by atoms with Crippen molar-refractivity contribution in [2.45, 2.75) is 12.8 Å². The first-order chi connectivity index (χ1) is 6.51. The maximum Gasteiger partial charge on any atom is 0.230 e. The second-order valence-electron chi connectivity index (χ2n) is 3.03. The molecule has 0 atom stereocenters. The molecule has 0 unspecified atom stereocenters. The molecule has 1 aromatic rings. The van der Waals surface area contributed by atoms with Gasteiger partial charge in [-0.1, -0.05) is 13.0 Å². The molecule has 1 N–H and O–H groups in total. The summed E-state index contributed by atoms with van der Waals surface area (Å²) in [5, 5.41) is 0. The molecular weight excluding hydrogens is 200 g/mol. The molecule has 1 aromatic heterocycles. The largest absolute Gasteiger partial charge is 0.268 e. The number of hydrogen-bond acceptors (Lipinski definition) is 3. The third-order valence-electron chi connectivity index (χ3n) is 1.58. The lowest BCUT2D eigenvalue weighted by Crippen LogP contribution is -2.10. The zero-order chi connectivity index (χ0) is 10.6. The minimum atomic E-state index is -3.23. The number of nitrogens with zero attached hydrogens (tertiary/aromatic N) is 1. The normalized spacial score (nSPS) is 11.3. The summed E-state index contributed by atoms with van der Waals surface area (Å²) >= 11 is 0. The van der Waals surface area contributed by atoms with E-state index in [1.807, 2.05) is 6.07 Å². The van der Waals surface area contributed by atoms with E-state index in [-0.39, 0.29) is 0 Å². The van der Waals surface area contributed by atoms with Gasteiger partial charge in [-0.05, 0) is 24.5 Å². The number of aromatic nitrogens is 1. The number of anilines is 1. The molecule has 0 aliphatic heterocycles. The Morgan fingerprint density at radius 2 is 2.21 bits per heavy atom.